The molecule has 1 saturated heterocycles. The van der Waals surface area contributed by atoms with E-state index in [1.807, 2.05) is 0 Å². The van der Waals surface area contributed by atoms with Crippen LogP contribution < -0.4 is 0 Å². The average molecular weight is 652 g/mol. The predicted molar refractivity (Wildman–Crippen MR) is 141 cm³/mol. The van der Waals surface area contributed by atoms with Crippen molar-refractivity contribution in [1.82, 2.24) is 4.90 Å². The molecule has 5 rings (SSSR count). The molecule has 4 nitrogen and oxygen atoms in total. The van der Waals surface area contributed by atoms with Crippen LogP contribution in [0, 0.1) is 17.5 Å². The number of ether oxygens (including phenoxy) is 2. The van der Waals surface area contributed by atoms with Crippen LogP contribution in [0.15, 0.2) is 71.6 Å². The molecular formula is C30H26F9NO3S. The Hall–Kier alpha value is -2.94. The number of hydrogen-bond donors (Lipinski definition) is 0. The lowest BCUT2D eigenvalue weighted by molar-refractivity contribution is -0.392. The van der Waals surface area contributed by atoms with Gasteiger partial charge in [0, 0.05) is 35.2 Å². The Labute approximate surface area is 249 Å². The molecule has 3 aromatic carbocycles. The zero-order valence-corrected chi connectivity index (χ0v) is 23.7. The molecule has 0 radical (unpaired) electrons. The lowest BCUT2D eigenvalue weighted by Crippen LogP contribution is -2.57. The number of halogens is 9. The van der Waals surface area contributed by atoms with Crippen molar-refractivity contribution in [2.45, 2.75) is 53.1 Å². The quantitative estimate of drug-likeness (QED) is 0.243. The molecule has 44 heavy (non-hydrogen) atoms. The molecule has 0 spiro atoms. The van der Waals surface area contributed by atoms with Crippen LogP contribution in [0.2, 0.25) is 0 Å². The van der Waals surface area contributed by atoms with Gasteiger partial charge in [-0.15, -0.1) is 0 Å². The van der Waals surface area contributed by atoms with Crippen molar-refractivity contribution in [2.24, 2.45) is 0 Å². The Morgan fingerprint density at radius 1 is 0.818 bits per heavy atom. The molecule has 1 aliphatic carbocycles. The number of hydrogen-bond acceptors (Lipinski definition) is 4. The van der Waals surface area contributed by atoms with Gasteiger partial charge in [-0.05, 0) is 54.8 Å². The third-order valence-corrected chi connectivity index (χ3v) is 10.2. The van der Waals surface area contributed by atoms with Crippen molar-refractivity contribution in [3.05, 3.63) is 101 Å². The number of rotatable bonds is 8. The average Bonchev–Trinajstić information content (AvgIpc) is 2.94. The second kappa shape index (κ2) is 12.1. The molecule has 14 heteroatoms. The summed E-state index contributed by atoms with van der Waals surface area (Å²) in [5.74, 6) is -3.32. The molecule has 1 unspecified atom stereocenters. The van der Waals surface area contributed by atoms with Crippen molar-refractivity contribution in [2.75, 3.05) is 26.3 Å². The van der Waals surface area contributed by atoms with Crippen LogP contribution in [0.1, 0.15) is 29.5 Å². The molecule has 1 aliphatic heterocycles. The van der Waals surface area contributed by atoms with Crippen LogP contribution in [0.4, 0.5) is 39.5 Å². The summed E-state index contributed by atoms with van der Waals surface area (Å²) < 4.78 is 151. The topological polar surface area (TPSA) is 38.8 Å². The minimum absolute atomic E-state index is 0.0774. The van der Waals surface area contributed by atoms with E-state index in [0.29, 0.717) is 50.6 Å². The van der Waals surface area contributed by atoms with E-state index in [1.54, 1.807) is 0 Å². The number of morpholine rings is 1. The lowest BCUT2D eigenvalue weighted by Gasteiger charge is -2.52. The number of nitrogens with zero attached hydrogens (tertiary/aromatic N) is 1. The van der Waals surface area contributed by atoms with Gasteiger partial charge in [0.05, 0.1) is 35.4 Å². The Morgan fingerprint density at radius 3 is 1.89 bits per heavy atom. The number of alkyl halides is 6. The molecule has 1 saturated carbocycles. The van der Waals surface area contributed by atoms with Gasteiger partial charge in [-0.3, -0.25) is 9.11 Å². The van der Waals surface area contributed by atoms with Crippen LogP contribution in [0.3, 0.4) is 0 Å². The maximum atomic E-state index is 14.4. The standard InChI is InChI=1S/C30H26F9NO3S/c31-21-8-10-23(11-9-21)44(41)27(16-22(17-27)40-12-14-42-15-13-40)19-4-6-20(7-5-19)28(29(34,35)36,30(37,38)39)43-18-24-25(32)2-1-3-26(24)33/h1-11,22H,12-18H2. The second-order valence-corrected chi connectivity index (χ2v) is 12.5. The van der Waals surface area contributed by atoms with Crippen LogP contribution in [0.25, 0.3) is 0 Å². The minimum Gasteiger partial charge on any atom is -0.379 e. The van der Waals surface area contributed by atoms with Gasteiger partial charge in [-0.25, -0.2) is 13.2 Å². The highest BCUT2D eigenvalue weighted by Gasteiger charge is 2.73. The largest absolute Gasteiger partial charge is 0.430 e. The summed E-state index contributed by atoms with van der Waals surface area (Å²) in [5.41, 5.74) is -7.19. The third kappa shape index (κ3) is 5.77. The maximum absolute atomic E-state index is 14.4. The molecule has 0 aromatic heterocycles. The summed E-state index contributed by atoms with van der Waals surface area (Å²) in [7, 11) is -1.86. The van der Waals surface area contributed by atoms with Gasteiger partial charge < -0.3 is 9.47 Å². The van der Waals surface area contributed by atoms with Gasteiger partial charge in [0.25, 0.3) is 5.60 Å². The molecular weight excluding hydrogens is 625 g/mol. The fraction of sp³-hybridized carbons (Fsp3) is 0.400. The Bertz CT molecular complexity index is 1450. The Kier molecular flexibility index (Phi) is 8.93. The van der Waals surface area contributed by atoms with E-state index in [1.165, 1.54) is 12.1 Å². The van der Waals surface area contributed by atoms with Crippen molar-refractivity contribution < 1.29 is 53.2 Å². The van der Waals surface area contributed by atoms with Gasteiger partial charge in [0.2, 0.25) is 0 Å². The first-order chi connectivity index (χ1) is 20.7. The number of benzene rings is 3. The summed E-state index contributed by atoms with van der Waals surface area (Å²) in [5, 5.41) is 0. The van der Waals surface area contributed by atoms with Crippen molar-refractivity contribution >= 4 is 10.8 Å². The molecule has 2 fully saturated rings. The molecule has 2 aliphatic rings. The molecule has 3 aromatic rings. The minimum atomic E-state index is -6.10. The van der Waals surface area contributed by atoms with Crippen molar-refractivity contribution in [3.63, 3.8) is 0 Å². The molecule has 1 atom stereocenters. The normalized spacial score (nSPS) is 22.4. The first kappa shape index (κ1) is 32.5. The van der Waals surface area contributed by atoms with E-state index in [-0.39, 0.29) is 29.3 Å². The molecule has 0 amide bonds. The van der Waals surface area contributed by atoms with Crippen LogP contribution >= 0.6 is 0 Å². The highest BCUT2D eigenvalue weighted by molar-refractivity contribution is 7.86. The van der Waals surface area contributed by atoms with E-state index in [0.717, 1.165) is 30.3 Å². The second-order valence-electron chi connectivity index (χ2n) is 10.7. The van der Waals surface area contributed by atoms with Crippen molar-refractivity contribution in [1.29, 1.82) is 0 Å². The highest BCUT2D eigenvalue weighted by atomic mass is 32.2. The van der Waals surface area contributed by atoms with Crippen LogP contribution in [-0.2, 0) is 37.2 Å². The first-order valence-corrected chi connectivity index (χ1v) is 14.7. The van der Waals surface area contributed by atoms with E-state index in [9.17, 15) is 43.7 Å². The molecule has 238 valence electrons. The zero-order valence-electron chi connectivity index (χ0n) is 22.9. The van der Waals surface area contributed by atoms with E-state index in [4.69, 9.17) is 4.74 Å². The van der Waals surface area contributed by atoms with Gasteiger partial charge in [-0.1, -0.05) is 30.3 Å². The fourth-order valence-electron chi connectivity index (χ4n) is 5.77. The lowest BCUT2D eigenvalue weighted by atomic mass is 9.73. The Morgan fingerprint density at radius 2 is 1.36 bits per heavy atom. The molecule has 0 N–H and O–H groups in total. The molecule has 1 heterocycles. The van der Waals surface area contributed by atoms with E-state index in [2.05, 4.69) is 9.64 Å². The molecule has 0 bridgehead atoms. The SMILES string of the molecule is O=S(c1ccc(F)cc1)C1(c2ccc(C(OCc3c(F)cccc3F)(C(F)(F)F)C(F)(F)F)cc2)CC(N2CCOCC2)C1. The smallest absolute Gasteiger partial charge is 0.379 e. The summed E-state index contributed by atoms with van der Waals surface area (Å²) in [4.78, 5) is 2.36. The first-order valence-electron chi connectivity index (χ1n) is 13.5. The monoisotopic (exact) mass is 651 g/mol. The third-order valence-electron chi connectivity index (χ3n) is 8.19. The fourth-order valence-corrected chi connectivity index (χ4v) is 7.65. The summed E-state index contributed by atoms with van der Waals surface area (Å²) in [6.07, 6.45) is -11.7. The highest BCUT2D eigenvalue weighted by Crippen LogP contribution is 2.55. The Balaban J connectivity index is 1.53. The summed E-state index contributed by atoms with van der Waals surface area (Å²) >= 11 is 0. The predicted octanol–water partition coefficient (Wildman–Crippen LogP) is 7.14. The summed E-state index contributed by atoms with van der Waals surface area (Å²) in [6.45, 7) is 0.490. The van der Waals surface area contributed by atoms with Gasteiger partial charge in [0.1, 0.15) is 17.5 Å². The van der Waals surface area contributed by atoms with E-state index >= 15 is 0 Å². The van der Waals surface area contributed by atoms with Crippen LogP contribution in [0.5, 0.6) is 0 Å². The maximum Gasteiger partial charge on any atom is 0.430 e. The van der Waals surface area contributed by atoms with Gasteiger partial charge in [-0.2, -0.15) is 26.3 Å². The van der Waals surface area contributed by atoms with Gasteiger partial charge in [0.15, 0.2) is 0 Å². The van der Waals surface area contributed by atoms with Crippen molar-refractivity contribution in [3.8, 4) is 0 Å². The van der Waals surface area contributed by atoms with Gasteiger partial charge >= 0.3 is 12.4 Å². The zero-order chi connectivity index (χ0) is 31.9. The van der Waals surface area contributed by atoms with Crippen LogP contribution in [-0.4, -0.2) is 53.8 Å². The van der Waals surface area contributed by atoms with E-state index < -0.39 is 68.7 Å². The summed E-state index contributed by atoms with van der Waals surface area (Å²) in [6, 6.07) is 10.3.